The topological polar surface area (TPSA) is 241 Å². The predicted octanol–water partition coefficient (Wildman–Crippen LogP) is 4.55. The summed E-state index contributed by atoms with van der Waals surface area (Å²) in [7, 11) is 0. The quantitative estimate of drug-likeness (QED) is 0.0358. The van der Waals surface area contributed by atoms with E-state index in [4.69, 9.17) is 0 Å². The van der Waals surface area contributed by atoms with Crippen molar-refractivity contribution in [3.63, 3.8) is 0 Å². The summed E-state index contributed by atoms with van der Waals surface area (Å²) in [6, 6.07) is -4.50. The number of unbranched alkanes of at least 4 members (excludes halogenated alkanes) is 13. The number of nitrogens with one attached hydrogen (secondary N) is 7. The van der Waals surface area contributed by atoms with Gasteiger partial charge in [-0.1, -0.05) is 138 Å². The molecule has 0 aliphatic heterocycles. The first kappa shape index (κ1) is 55.7. The van der Waals surface area contributed by atoms with Crippen molar-refractivity contribution < 1.29 is 38.7 Å². The van der Waals surface area contributed by atoms with Gasteiger partial charge in [0.25, 0.3) is 0 Å². The van der Waals surface area contributed by atoms with E-state index in [0.717, 1.165) is 25.7 Å². The molecule has 16 nitrogen and oxygen atoms in total. The molecule has 0 saturated carbocycles. The number of rotatable bonds is 34. The van der Waals surface area contributed by atoms with Gasteiger partial charge in [0.2, 0.25) is 35.4 Å². The number of amides is 6. The average Bonchev–Trinajstić information content (AvgIpc) is 3.75. The highest BCUT2D eigenvalue weighted by atomic mass is 16.3. The van der Waals surface area contributed by atoms with Crippen molar-refractivity contribution >= 4 is 41.2 Å². The number of carbonyl (C=O) groups is 7. The maximum Gasteiger partial charge on any atom is 0.245 e. The zero-order chi connectivity index (χ0) is 46.6. The highest BCUT2D eigenvalue weighted by Crippen LogP contribution is 2.16. The van der Waals surface area contributed by atoms with Gasteiger partial charge in [-0.3, -0.25) is 33.6 Å². The van der Waals surface area contributed by atoms with E-state index in [1.165, 1.54) is 90.6 Å². The van der Waals surface area contributed by atoms with E-state index in [0.29, 0.717) is 18.7 Å². The summed E-state index contributed by atoms with van der Waals surface area (Å²) in [6.07, 6.45) is 19.5. The van der Waals surface area contributed by atoms with E-state index in [9.17, 15) is 38.7 Å². The number of imidazole rings is 1. The molecule has 1 heterocycles. The van der Waals surface area contributed by atoms with E-state index in [-0.39, 0.29) is 18.1 Å². The summed E-state index contributed by atoms with van der Waals surface area (Å²) >= 11 is 0. The molecule has 16 heteroatoms. The minimum absolute atomic E-state index is 0.0728. The molecule has 0 unspecified atom stereocenters. The number of carbonyl (C=O) groups excluding carboxylic acids is 7. The molecule has 62 heavy (non-hydrogen) atoms. The van der Waals surface area contributed by atoms with Crippen molar-refractivity contribution in [1.29, 1.82) is 0 Å². The molecular formula is C46H82N8O8. The van der Waals surface area contributed by atoms with Crippen LogP contribution in [0.2, 0.25) is 0 Å². The molecule has 8 N–H and O–H groups in total. The van der Waals surface area contributed by atoms with Gasteiger partial charge >= 0.3 is 0 Å². The smallest absolute Gasteiger partial charge is 0.245 e. The second-order valence-corrected chi connectivity index (χ2v) is 17.7. The summed E-state index contributed by atoms with van der Waals surface area (Å²) in [5.74, 6) is -6.44. The van der Waals surface area contributed by atoms with Gasteiger partial charge in [0.15, 0.2) is 0 Å². The first-order chi connectivity index (χ1) is 29.4. The molecule has 0 spiro atoms. The molecule has 354 valence electrons. The fourth-order valence-corrected chi connectivity index (χ4v) is 7.10. The Morgan fingerprint density at radius 3 is 1.52 bits per heavy atom. The number of aliphatic hydroxyl groups excluding tert-OH is 1. The van der Waals surface area contributed by atoms with Crippen LogP contribution in [0.5, 0.6) is 0 Å². The Labute approximate surface area is 371 Å². The molecule has 7 atom stereocenters. The summed E-state index contributed by atoms with van der Waals surface area (Å²) in [6.45, 7) is 15.3. The van der Waals surface area contributed by atoms with Crippen molar-refractivity contribution in [3.8, 4) is 0 Å². The molecule has 0 aromatic carbocycles. The SMILES string of the molecule is CCCCCCCCCCCCCCCCNC(=O)[C@@H](NC(=O)CNC(=O)[C@@H](NC(=O)[C@@H](NC(=O)[C@@H](NC(=O)[C@H](Cc1cnc[nH]1)C(C)=O)[C@@H](C)CC)C(C)C)C(C)C)[C@@H](C)O. The molecule has 1 rings (SSSR count). The molecule has 0 aliphatic rings. The Kier molecular flexibility index (Phi) is 28.3. The standard InChI is InChI=1S/C46H82N8O8/c1-10-12-13-14-15-16-17-18-19-20-21-22-23-24-25-48-44(60)41(34(9)56)51-37(57)28-49-43(59)38(30(3)4)52-45(61)39(31(5)6)53-46(62)40(32(7)11-2)54-42(58)36(33(8)55)26-35-27-47-29-50-35/h27,29-32,34,36,38-41,56H,10-26,28H2,1-9H3,(H,47,50)(H,48,60)(H,49,59)(H,51,57)(H,52,61)(H,53,62)(H,54,58)/t32-,34+,36+,38-,39-,40-,41-/m0/s1. The predicted molar refractivity (Wildman–Crippen MR) is 241 cm³/mol. The normalized spacial score (nSPS) is 14.8. The second kappa shape index (κ2) is 31.5. The molecule has 1 aromatic heterocycles. The Hall–Kier alpha value is -4.34. The molecule has 6 amide bonds. The van der Waals surface area contributed by atoms with E-state index in [1.54, 1.807) is 34.6 Å². The maximum atomic E-state index is 13.7. The molecule has 1 aromatic rings. The highest BCUT2D eigenvalue weighted by molar-refractivity contribution is 6.02. The lowest BCUT2D eigenvalue weighted by Crippen LogP contribution is -2.60. The fraction of sp³-hybridized carbons (Fsp3) is 0.783. The molecule has 0 saturated heterocycles. The van der Waals surface area contributed by atoms with Crippen LogP contribution in [0, 0.1) is 23.7 Å². The van der Waals surface area contributed by atoms with E-state index < -0.39 is 90.0 Å². The number of Topliss-reactive ketones (excluding diaryl/α,β-unsaturated/α-hetero) is 1. The molecule has 0 aliphatic carbocycles. The lowest BCUT2D eigenvalue weighted by atomic mass is 9.93. The molecule has 0 radical (unpaired) electrons. The third-order valence-corrected chi connectivity index (χ3v) is 11.4. The average molecular weight is 875 g/mol. The molecule has 0 fully saturated rings. The van der Waals surface area contributed by atoms with E-state index in [1.807, 2.05) is 6.92 Å². The Morgan fingerprint density at radius 1 is 0.597 bits per heavy atom. The van der Waals surface area contributed by atoms with E-state index >= 15 is 0 Å². The number of aliphatic hydroxyl groups is 1. The van der Waals surface area contributed by atoms with Crippen molar-refractivity contribution in [2.75, 3.05) is 13.1 Å². The Balaban J connectivity index is 2.68. The van der Waals surface area contributed by atoms with Gasteiger partial charge in [0, 0.05) is 24.9 Å². The summed E-state index contributed by atoms with van der Waals surface area (Å²) in [4.78, 5) is 99.1. The second-order valence-electron chi connectivity index (χ2n) is 17.7. The lowest BCUT2D eigenvalue weighted by molar-refractivity contribution is -0.138. The number of H-pyrrole nitrogens is 1. The van der Waals surface area contributed by atoms with Gasteiger partial charge in [-0.2, -0.15) is 0 Å². The first-order valence-electron chi connectivity index (χ1n) is 23.4. The number of nitrogens with zero attached hydrogens (tertiary/aromatic N) is 1. The van der Waals surface area contributed by atoms with Crippen LogP contribution in [0.25, 0.3) is 0 Å². The number of aromatic amines is 1. The Morgan fingerprint density at radius 2 is 1.06 bits per heavy atom. The van der Waals surface area contributed by atoms with Crippen LogP contribution in [-0.4, -0.2) is 99.7 Å². The highest BCUT2D eigenvalue weighted by Gasteiger charge is 2.36. The van der Waals surface area contributed by atoms with Gasteiger partial charge in [-0.15, -0.1) is 0 Å². The third kappa shape index (κ3) is 22.1. The third-order valence-electron chi connectivity index (χ3n) is 11.4. The summed E-state index contributed by atoms with van der Waals surface area (Å²) in [5, 5.41) is 26.3. The van der Waals surface area contributed by atoms with Crippen LogP contribution < -0.4 is 31.9 Å². The molecular weight excluding hydrogens is 793 g/mol. The minimum atomic E-state index is -1.23. The van der Waals surface area contributed by atoms with Crippen molar-refractivity contribution in [2.24, 2.45) is 23.7 Å². The number of hydrogen-bond acceptors (Lipinski definition) is 9. The van der Waals surface area contributed by atoms with Crippen LogP contribution in [-0.2, 0) is 40.0 Å². The number of ketones is 1. The summed E-state index contributed by atoms with van der Waals surface area (Å²) < 4.78 is 0. The Bertz CT molecular complexity index is 1480. The van der Waals surface area contributed by atoms with Crippen molar-refractivity contribution in [1.82, 2.24) is 41.9 Å². The van der Waals surface area contributed by atoms with Gasteiger partial charge in [0.05, 0.1) is 19.0 Å². The largest absolute Gasteiger partial charge is 0.391 e. The van der Waals surface area contributed by atoms with Gasteiger partial charge in [-0.25, -0.2) is 4.98 Å². The van der Waals surface area contributed by atoms with Crippen LogP contribution in [0.1, 0.15) is 164 Å². The van der Waals surface area contributed by atoms with Crippen LogP contribution in [0.3, 0.4) is 0 Å². The van der Waals surface area contributed by atoms with Gasteiger partial charge in [-0.05, 0) is 38.0 Å². The monoisotopic (exact) mass is 875 g/mol. The van der Waals surface area contributed by atoms with Crippen molar-refractivity contribution in [2.45, 2.75) is 195 Å². The first-order valence-corrected chi connectivity index (χ1v) is 23.4. The van der Waals surface area contributed by atoms with Crippen molar-refractivity contribution in [3.05, 3.63) is 18.2 Å². The maximum absolute atomic E-state index is 13.7. The lowest BCUT2D eigenvalue weighted by Gasteiger charge is -2.30. The van der Waals surface area contributed by atoms with Gasteiger partial charge in [0.1, 0.15) is 35.9 Å². The van der Waals surface area contributed by atoms with Gasteiger partial charge < -0.3 is 42.0 Å². The minimum Gasteiger partial charge on any atom is -0.391 e. The van der Waals surface area contributed by atoms with E-state index in [2.05, 4.69) is 48.8 Å². The van der Waals surface area contributed by atoms with Crippen LogP contribution in [0.15, 0.2) is 12.5 Å². The summed E-state index contributed by atoms with van der Waals surface area (Å²) in [5.41, 5.74) is 0.586. The fourth-order valence-electron chi connectivity index (χ4n) is 7.10. The van der Waals surface area contributed by atoms with Crippen LogP contribution >= 0.6 is 0 Å². The molecule has 0 bridgehead atoms. The number of hydrogen-bond donors (Lipinski definition) is 8. The number of aromatic nitrogens is 2. The van der Waals surface area contributed by atoms with Crippen LogP contribution in [0.4, 0.5) is 0 Å². The zero-order valence-corrected chi connectivity index (χ0v) is 39.3. The zero-order valence-electron chi connectivity index (χ0n) is 39.3.